The van der Waals surface area contributed by atoms with Crippen molar-refractivity contribution in [3.63, 3.8) is 0 Å². The molecule has 1 saturated heterocycles. The molecule has 0 radical (unpaired) electrons. The molecule has 1 fully saturated rings. The third-order valence-electron chi connectivity index (χ3n) is 4.63. The van der Waals surface area contributed by atoms with E-state index in [0.29, 0.717) is 23.8 Å². The lowest BCUT2D eigenvalue weighted by molar-refractivity contribution is 0.0963. The Labute approximate surface area is 144 Å². The van der Waals surface area contributed by atoms with E-state index in [1.807, 2.05) is 0 Å². The second-order valence-electron chi connectivity index (χ2n) is 6.56. The van der Waals surface area contributed by atoms with Crippen LogP contribution in [0.2, 0.25) is 0 Å². The fraction of sp³-hybridized carbons (Fsp3) is 0.556. The Bertz CT molecular complexity index is 551. The highest BCUT2D eigenvalue weighted by Gasteiger charge is 2.20. The Kier molecular flexibility index (Phi) is 6.61. The van der Waals surface area contributed by atoms with Crippen LogP contribution in [0.1, 0.15) is 37.0 Å². The number of hydrogen-bond donors (Lipinski definition) is 3. The van der Waals surface area contributed by atoms with E-state index < -0.39 is 0 Å². The molecule has 1 aliphatic rings. The van der Waals surface area contributed by atoms with Crippen LogP contribution in [0.25, 0.3) is 0 Å². The molecule has 0 bridgehead atoms. The predicted molar refractivity (Wildman–Crippen MR) is 96.3 cm³/mol. The van der Waals surface area contributed by atoms with Gasteiger partial charge in [0.1, 0.15) is 0 Å². The zero-order valence-corrected chi connectivity index (χ0v) is 14.8. The van der Waals surface area contributed by atoms with Gasteiger partial charge in [-0.05, 0) is 63.0 Å². The number of anilines is 1. The van der Waals surface area contributed by atoms with Gasteiger partial charge < -0.3 is 16.0 Å². The van der Waals surface area contributed by atoms with Crippen LogP contribution in [0.15, 0.2) is 24.3 Å². The number of nitrogens with one attached hydrogen (secondary N) is 3. The molecular weight excluding hydrogens is 304 g/mol. The summed E-state index contributed by atoms with van der Waals surface area (Å²) in [5.74, 6) is 0.665. The van der Waals surface area contributed by atoms with E-state index in [2.05, 4.69) is 34.7 Å². The van der Waals surface area contributed by atoms with Crippen molar-refractivity contribution in [2.45, 2.75) is 32.7 Å². The molecule has 1 aromatic carbocycles. The lowest BCUT2D eigenvalue weighted by Gasteiger charge is -2.34. The number of benzene rings is 1. The third-order valence-corrected chi connectivity index (χ3v) is 4.63. The van der Waals surface area contributed by atoms with Crippen LogP contribution in [-0.2, 0) is 0 Å². The predicted octanol–water partition coefficient (Wildman–Crippen LogP) is 2.29. The topological polar surface area (TPSA) is 73.5 Å². The summed E-state index contributed by atoms with van der Waals surface area (Å²) in [6.07, 6.45) is 2.46. The molecule has 24 heavy (non-hydrogen) atoms. The van der Waals surface area contributed by atoms with Crippen LogP contribution in [-0.4, -0.2) is 49.6 Å². The lowest BCUT2D eigenvalue weighted by Crippen LogP contribution is -2.46. The first-order valence-corrected chi connectivity index (χ1v) is 8.60. The Balaban J connectivity index is 1.75. The minimum Gasteiger partial charge on any atom is -0.355 e. The lowest BCUT2D eigenvalue weighted by atomic mass is 9.98. The van der Waals surface area contributed by atoms with E-state index in [9.17, 15) is 9.59 Å². The van der Waals surface area contributed by atoms with Crippen molar-refractivity contribution in [3.8, 4) is 0 Å². The Morgan fingerprint density at radius 3 is 2.42 bits per heavy atom. The number of likely N-dealkylation sites (tertiary alicyclic amines) is 1. The number of nitrogens with zero attached hydrogens (tertiary/aromatic N) is 1. The van der Waals surface area contributed by atoms with Crippen LogP contribution >= 0.6 is 0 Å². The molecule has 6 nitrogen and oxygen atoms in total. The molecule has 0 spiro atoms. The summed E-state index contributed by atoms with van der Waals surface area (Å²) in [5.41, 5.74) is 1.23. The molecule has 3 N–H and O–H groups in total. The molecule has 1 aliphatic heterocycles. The number of carbonyl (C=O) groups is 2. The summed E-state index contributed by atoms with van der Waals surface area (Å²) < 4.78 is 0. The minimum absolute atomic E-state index is 0.143. The smallest absolute Gasteiger partial charge is 0.319 e. The highest BCUT2D eigenvalue weighted by molar-refractivity contribution is 5.95. The first-order valence-electron chi connectivity index (χ1n) is 8.60. The average Bonchev–Trinajstić information content (AvgIpc) is 2.60. The van der Waals surface area contributed by atoms with Crippen LogP contribution in [0.3, 0.4) is 0 Å². The zero-order valence-electron chi connectivity index (χ0n) is 14.8. The van der Waals surface area contributed by atoms with Gasteiger partial charge in [0.2, 0.25) is 0 Å². The van der Waals surface area contributed by atoms with Gasteiger partial charge in [0.05, 0.1) is 0 Å². The second-order valence-corrected chi connectivity index (χ2v) is 6.56. The normalized spacial score (nSPS) is 17.1. The molecule has 0 unspecified atom stereocenters. The van der Waals surface area contributed by atoms with E-state index in [-0.39, 0.29) is 11.9 Å². The van der Waals surface area contributed by atoms with Gasteiger partial charge in [-0.25, -0.2) is 4.79 Å². The number of carbonyl (C=O) groups excluding carboxylic acids is 2. The molecule has 0 aromatic heterocycles. The summed E-state index contributed by atoms with van der Waals surface area (Å²) in [5, 5.41) is 8.27. The molecule has 1 atom stereocenters. The van der Waals surface area contributed by atoms with Gasteiger partial charge in [0.15, 0.2) is 0 Å². The summed E-state index contributed by atoms with van der Waals surface area (Å²) in [7, 11) is 1.59. The molecular formula is C18H28N4O2. The monoisotopic (exact) mass is 332 g/mol. The summed E-state index contributed by atoms with van der Waals surface area (Å²) in [6.45, 7) is 7.27. The summed E-state index contributed by atoms with van der Waals surface area (Å²) in [4.78, 5) is 25.9. The van der Waals surface area contributed by atoms with Crippen molar-refractivity contribution in [2.75, 3.05) is 32.0 Å². The van der Waals surface area contributed by atoms with Gasteiger partial charge in [-0.3, -0.25) is 9.69 Å². The van der Waals surface area contributed by atoms with Crippen LogP contribution in [0, 0.1) is 5.92 Å². The number of hydrogen-bond acceptors (Lipinski definition) is 3. The van der Waals surface area contributed by atoms with Crippen molar-refractivity contribution in [1.82, 2.24) is 15.5 Å². The molecule has 3 amide bonds. The SMILES string of the molecule is CNC(=O)c1ccc(NC(=O)NC[C@@H](C)N2CCC(C)CC2)cc1. The quantitative estimate of drug-likeness (QED) is 0.774. The maximum absolute atomic E-state index is 12.0. The zero-order chi connectivity index (χ0) is 17.5. The van der Waals surface area contributed by atoms with Crippen LogP contribution < -0.4 is 16.0 Å². The van der Waals surface area contributed by atoms with Gasteiger partial charge >= 0.3 is 6.03 Å². The highest BCUT2D eigenvalue weighted by atomic mass is 16.2. The standard InChI is InChI=1S/C18H28N4O2/c1-13-8-10-22(11-9-13)14(2)12-20-18(24)21-16-6-4-15(5-7-16)17(23)19-3/h4-7,13-14H,8-12H2,1-3H3,(H,19,23)(H2,20,21,24)/t14-/m1/s1. The molecule has 0 aliphatic carbocycles. The summed E-state index contributed by atoms with van der Waals surface area (Å²) in [6, 6.07) is 6.93. The Hall–Kier alpha value is -2.08. The van der Waals surface area contributed by atoms with E-state index in [1.54, 1.807) is 31.3 Å². The Morgan fingerprint density at radius 1 is 1.21 bits per heavy atom. The number of amides is 3. The number of piperidine rings is 1. The van der Waals surface area contributed by atoms with Crippen molar-refractivity contribution < 1.29 is 9.59 Å². The van der Waals surface area contributed by atoms with Gasteiger partial charge in [0, 0.05) is 30.9 Å². The van der Waals surface area contributed by atoms with Gasteiger partial charge in [-0.2, -0.15) is 0 Å². The van der Waals surface area contributed by atoms with Crippen LogP contribution in [0.4, 0.5) is 10.5 Å². The van der Waals surface area contributed by atoms with Crippen LogP contribution in [0.5, 0.6) is 0 Å². The molecule has 2 rings (SSSR count). The Morgan fingerprint density at radius 2 is 1.83 bits per heavy atom. The molecule has 132 valence electrons. The van der Waals surface area contributed by atoms with Crippen molar-refractivity contribution in [1.29, 1.82) is 0 Å². The van der Waals surface area contributed by atoms with Gasteiger partial charge in [-0.1, -0.05) is 6.92 Å². The average molecular weight is 332 g/mol. The second kappa shape index (κ2) is 8.68. The molecule has 6 heteroatoms. The van der Waals surface area contributed by atoms with E-state index in [0.717, 1.165) is 19.0 Å². The molecule has 1 heterocycles. The van der Waals surface area contributed by atoms with Crippen molar-refractivity contribution in [3.05, 3.63) is 29.8 Å². The van der Waals surface area contributed by atoms with Crippen molar-refractivity contribution in [2.24, 2.45) is 5.92 Å². The minimum atomic E-state index is -0.222. The van der Waals surface area contributed by atoms with E-state index >= 15 is 0 Å². The van der Waals surface area contributed by atoms with Crippen molar-refractivity contribution >= 4 is 17.6 Å². The fourth-order valence-corrected chi connectivity index (χ4v) is 2.86. The first kappa shape index (κ1) is 18.3. The summed E-state index contributed by atoms with van der Waals surface area (Å²) >= 11 is 0. The molecule has 1 aromatic rings. The number of rotatable bonds is 5. The van der Waals surface area contributed by atoms with Gasteiger partial charge in [-0.15, -0.1) is 0 Å². The molecule has 0 saturated carbocycles. The maximum Gasteiger partial charge on any atom is 0.319 e. The fourth-order valence-electron chi connectivity index (χ4n) is 2.86. The largest absolute Gasteiger partial charge is 0.355 e. The van der Waals surface area contributed by atoms with E-state index in [1.165, 1.54) is 12.8 Å². The highest BCUT2D eigenvalue weighted by Crippen LogP contribution is 2.17. The number of urea groups is 1. The third kappa shape index (κ3) is 5.23. The van der Waals surface area contributed by atoms with Gasteiger partial charge in [0.25, 0.3) is 5.91 Å². The van der Waals surface area contributed by atoms with E-state index in [4.69, 9.17) is 0 Å². The first-order chi connectivity index (χ1) is 11.5. The maximum atomic E-state index is 12.0.